The molecule has 1 aliphatic rings. The molecule has 108 valence electrons. The van der Waals surface area contributed by atoms with Crippen LogP contribution in [-0.2, 0) is 9.53 Å². The van der Waals surface area contributed by atoms with E-state index >= 15 is 0 Å². The van der Waals surface area contributed by atoms with Crippen molar-refractivity contribution < 1.29 is 14.3 Å². The summed E-state index contributed by atoms with van der Waals surface area (Å²) in [5, 5.41) is 0. The molecule has 1 aliphatic heterocycles. The molecule has 2 rings (SSSR count). The molecule has 0 aromatic heterocycles. The molecule has 1 fully saturated rings. The summed E-state index contributed by atoms with van der Waals surface area (Å²) >= 11 is 2.17. The SMILES string of the molecule is O=C(OCC(=O)N1CCCCCC1)c1ccc(I)cc1. The highest BCUT2D eigenvalue weighted by atomic mass is 127. The maximum Gasteiger partial charge on any atom is 0.338 e. The third-order valence-electron chi connectivity index (χ3n) is 3.37. The fourth-order valence-electron chi connectivity index (χ4n) is 2.21. The Labute approximate surface area is 132 Å². The van der Waals surface area contributed by atoms with E-state index < -0.39 is 5.97 Å². The molecule has 20 heavy (non-hydrogen) atoms. The van der Waals surface area contributed by atoms with Crippen LogP contribution in [0.1, 0.15) is 36.0 Å². The van der Waals surface area contributed by atoms with E-state index in [9.17, 15) is 9.59 Å². The van der Waals surface area contributed by atoms with Gasteiger partial charge in [0.2, 0.25) is 0 Å². The van der Waals surface area contributed by atoms with Gasteiger partial charge in [0, 0.05) is 16.7 Å². The van der Waals surface area contributed by atoms with Crippen LogP contribution in [0.4, 0.5) is 0 Å². The number of nitrogens with zero attached hydrogens (tertiary/aromatic N) is 1. The van der Waals surface area contributed by atoms with Crippen molar-refractivity contribution in [1.82, 2.24) is 4.90 Å². The van der Waals surface area contributed by atoms with Crippen molar-refractivity contribution in [3.8, 4) is 0 Å². The van der Waals surface area contributed by atoms with Crippen LogP contribution in [0.25, 0.3) is 0 Å². The summed E-state index contributed by atoms with van der Waals surface area (Å²) in [7, 11) is 0. The molecule has 0 bridgehead atoms. The second-order valence-corrected chi connectivity index (χ2v) is 6.12. The van der Waals surface area contributed by atoms with E-state index in [0.29, 0.717) is 5.56 Å². The zero-order chi connectivity index (χ0) is 14.4. The van der Waals surface area contributed by atoms with E-state index in [1.165, 1.54) is 12.8 Å². The highest BCUT2D eigenvalue weighted by molar-refractivity contribution is 14.1. The number of benzene rings is 1. The lowest BCUT2D eigenvalue weighted by atomic mass is 10.2. The minimum absolute atomic E-state index is 0.0919. The number of rotatable bonds is 3. The number of hydrogen-bond acceptors (Lipinski definition) is 3. The maximum absolute atomic E-state index is 12.0. The van der Waals surface area contributed by atoms with Gasteiger partial charge in [0.1, 0.15) is 0 Å². The van der Waals surface area contributed by atoms with Crippen LogP contribution in [0.3, 0.4) is 0 Å². The van der Waals surface area contributed by atoms with Gasteiger partial charge in [0.15, 0.2) is 6.61 Å². The first-order valence-corrected chi connectivity index (χ1v) is 7.95. The van der Waals surface area contributed by atoms with Crippen molar-refractivity contribution in [3.05, 3.63) is 33.4 Å². The van der Waals surface area contributed by atoms with Crippen molar-refractivity contribution in [3.63, 3.8) is 0 Å². The van der Waals surface area contributed by atoms with Gasteiger partial charge in [-0.25, -0.2) is 4.79 Å². The van der Waals surface area contributed by atoms with Crippen molar-refractivity contribution in [2.45, 2.75) is 25.7 Å². The highest BCUT2D eigenvalue weighted by Crippen LogP contribution is 2.11. The molecule has 1 heterocycles. The van der Waals surface area contributed by atoms with Gasteiger partial charge in [-0.2, -0.15) is 0 Å². The first-order valence-electron chi connectivity index (χ1n) is 6.87. The number of halogens is 1. The number of carbonyl (C=O) groups excluding carboxylic acids is 2. The van der Waals surface area contributed by atoms with Crippen LogP contribution in [0.5, 0.6) is 0 Å². The normalized spacial score (nSPS) is 15.6. The standard InChI is InChI=1S/C15H18INO3/c16-13-7-5-12(6-8-13)15(19)20-11-14(18)17-9-3-1-2-4-10-17/h5-8H,1-4,9-11H2. The van der Waals surface area contributed by atoms with E-state index in [1.807, 2.05) is 12.1 Å². The molecular weight excluding hydrogens is 369 g/mol. The smallest absolute Gasteiger partial charge is 0.338 e. The Hall–Kier alpha value is -1.11. The lowest BCUT2D eigenvalue weighted by Crippen LogP contribution is -2.35. The first kappa shape index (κ1) is 15.3. The van der Waals surface area contributed by atoms with Crippen molar-refractivity contribution in [2.75, 3.05) is 19.7 Å². The number of ether oxygens (including phenoxy) is 1. The first-order chi connectivity index (χ1) is 9.66. The molecule has 1 amide bonds. The Morgan fingerprint density at radius 1 is 1.05 bits per heavy atom. The number of esters is 1. The van der Waals surface area contributed by atoms with Gasteiger partial charge in [-0.1, -0.05) is 12.8 Å². The topological polar surface area (TPSA) is 46.6 Å². The molecular formula is C15H18INO3. The Balaban J connectivity index is 1.83. The predicted molar refractivity (Wildman–Crippen MR) is 84.5 cm³/mol. The maximum atomic E-state index is 12.0. The molecule has 1 aromatic rings. The van der Waals surface area contributed by atoms with Crippen LogP contribution < -0.4 is 0 Å². The van der Waals surface area contributed by atoms with E-state index in [-0.39, 0.29) is 12.5 Å². The fraction of sp³-hybridized carbons (Fsp3) is 0.467. The van der Waals surface area contributed by atoms with Gasteiger partial charge in [-0.15, -0.1) is 0 Å². The average Bonchev–Trinajstić information content (AvgIpc) is 2.74. The Bertz CT molecular complexity index is 465. The Kier molecular flexibility index (Phi) is 5.82. The Morgan fingerprint density at radius 2 is 1.65 bits per heavy atom. The van der Waals surface area contributed by atoms with Crippen LogP contribution in [-0.4, -0.2) is 36.5 Å². The molecule has 0 saturated carbocycles. The highest BCUT2D eigenvalue weighted by Gasteiger charge is 2.17. The minimum Gasteiger partial charge on any atom is -0.452 e. The summed E-state index contributed by atoms with van der Waals surface area (Å²) in [5.74, 6) is -0.532. The van der Waals surface area contributed by atoms with Gasteiger partial charge in [-0.3, -0.25) is 4.79 Å². The number of likely N-dealkylation sites (tertiary alicyclic amines) is 1. The molecule has 0 atom stereocenters. The van der Waals surface area contributed by atoms with E-state index in [2.05, 4.69) is 22.6 Å². The third-order valence-corrected chi connectivity index (χ3v) is 4.08. The molecule has 0 N–H and O–H groups in total. The Morgan fingerprint density at radius 3 is 2.25 bits per heavy atom. The number of amides is 1. The van der Waals surface area contributed by atoms with Crippen LogP contribution >= 0.6 is 22.6 Å². The van der Waals surface area contributed by atoms with Crippen molar-refractivity contribution in [2.24, 2.45) is 0 Å². The zero-order valence-electron chi connectivity index (χ0n) is 11.3. The van der Waals surface area contributed by atoms with Crippen LogP contribution in [0.2, 0.25) is 0 Å². The zero-order valence-corrected chi connectivity index (χ0v) is 13.5. The van der Waals surface area contributed by atoms with Gasteiger partial charge < -0.3 is 9.64 Å². The molecule has 1 aromatic carbocycles. The monoisotopic (exact) mass is 387 g/mol. The lowest BCUT2D eigenvalue weighted by molar-refractivity contribution is -0.134. The molecule has 5 heteroatoms. The van der Waals surface area contributed by atoms with E-state index in [1.54, 1.807) is 17.0 Å². The second-order valence-electron chi connectivity index (χ2n) is 4.88. The molecule has 4 nitrogen and oxygen atoms in total. The average molecular weight is 387 g/mol. The fourth-order valence-corrected chi connectivity index (χ4v) is 2.57. The summed E-state index contributed by atoms with van der Waals surface area (Å²) < 4.78 is 6.15. The quantitative estimate of drug-likeness (QED) is 0.592. The van der Waals surface area contributed by atoms with Gasteiger partial charge in [0.25, 0.3) is 5.91 Å². The van der Waals surface area contributed by atoms with Crippen LogP contribution in [0.15, 0.2) is 24.3 Å². The second kappa shape index (κ2) is 7.61. The summed E-state index contributed by atoms with van der Waals surface area (Å²) in [6.07, 6.45) is 4.42. The molecule has 0 spiro atoms. The van der Waals surface area contributed by atoms with Crippen molar-refractivity contribution in [1.29, 1.82) is 0 Å². The van der Waals surface area contributed by atoms with Gasteiger partial charge in [0.05, 0.1) is 5.56 Å². The summed E-state index contributed by atoms with van der Waals surface area (Å²) in [4.78, 5) is 25.6. The van der Waals surface area contributed by atoms with Gasteiger partial charge >= 0.3 is 5.97 Å². The van der Waals surface area contributed by atoms with E-state index in [4.69, 9.17) is 4.74 Å². The summed E-state index contributed by atoms with van der Waals surface area (Å²) in [6.45, 7) is 1.39. The predicted octanol–water partition coefficient (Wildman–Crippen LogP) is 2.85. The number of hydrogen-bond donors (Lipinski definition) is 0. The molecule has 0 unspecified atom stereocenters. The molecule has 0 radical (unpaired) electrons. The molecule has 0 aliphatic carbocycles. The number of carbonyl (C=O) groups is 2. The van der Waals surface area contributed by atoms with Crippen molar-refractivity contribution >= 4 is 34.5 Å². The van der Waals surface area contributed by atoms with E-state index in [0.717, 1.165) is 29.5 Å². The minimum atomic E-state index is -0.440. The lowest BCUT2D eigenvalue weighted by Gasteiger charge is -2.19. The molecule has 1 saturated heterocycles. The third kappa shape index (κ3) is 4.47. The summed E-state index contributed by atoms with van der Waals surface area (Å²) in [6, 6.07) is 7.10. The van der Waals surface area contributed by atoms with Crippen LogP contribution in [0, 0.1) is 3.57 Å². The largest absolute Gasteiger partial charge is 0.452 e. The van der Waals surface area contributed by atoms with Gasteiger partial charge in [-0.05, 0) is 59.7 Å². The summed E-state index contributed by atoms with van der Waals surface area (Å²) in [5.41, 5.74) is 0.481.